The molecule has 1 heterocycles. The van der Waals surface area contributed by atoms with Gasteiger partial charge < -0.3 is 19.4 Å². The van der Waals surface area contributed by atoms with Crippen LogP contribution in [0.4, 0.5) is 0 Å². The van der Waals surface area contributed by atoms with Gasteiger partial charge in [-0.1, -0.05) is 35.9 Å². The molecule has 32 heavy (non-hydrogen) atoms. The lowest BCUT2D eigenvalue weighted by Crippen LogP contribution is -2.28. The van der Waals surface area contributed by atoms with Gasteiger partial charge in [0.2, 0.25) is 0 Å². The third kappa shape index (κ3) is 6.14. The van der Waals surface area contributed by atoms with Crippen molar-refractivity contribution in [3.05, 3.63) is 92.9 Å². The Morgan fingerprint density at radius 1 is 1.00 bits per heavy atom. The average Bonchev–Trinajstić information content (AvgIpc) is 2.78. The zero-order chi connectivity index (χ0) is 22.9. The first-order valence-corrected chi connectivity index (χ1v) is 11.0. The van der Waals surface area contributed by atoms with Gasteiger partial charge in [-0.05, 0) is 55.7 Å². The van der Waals surface area contributed by atoms with E-state index in [2.05, 4.69) is 5.32 Å². The van der Waals surface area contributed by atoms with Crippen molar-refractivity contribution in [3.8, 4) is 11.5 Å². The lowest BCUT2D eigenvalue weighted by Gasteiger charge is -2.13. The Labute approximate surface area is 192 Å². The van der Waals surface area contributed by atoms with Crippen molar-refractivity contribution in [1.29, 1.82) is 0 Å². The molecule has 0 atom stereocenters. The fourth-order valence-corrected chi connectivity index (χ4v) is 3.47. The number of hydrogen-bond acceptors (Lipinski definition) is 4. The highest BCUT2D eigenvalue weighted by atomic mass is 35.5. The highest BCUT2D eigenvalue weighted by Crippen LogP contribution is 2.28. The maximum Gasteiger partial charge on any atom is 0.252 e. The lowest BCUT2D eigenvalue weighted by atomic mass is 10.1. The molecule has 1 aromatic heterocycles. The number of amides is 1. The van der Waals surface area contributed by atoms with Crippen molar-refractivity contribution in [1.82, 2.24) is 9.88 Å². The molecule has 0 aliphatic carbocycles. The molecule has 0 aliphatic rings. The lowest BCUT2D eigenvalue weighted by molar-refractivity contribution is 0.0953. The van der Waals surface area contributed by atoms with Crippen molar-refractivity contribution in [2.45, 2.75) is 26.8 Å². The quantitative estimate of drug-likeness (QED) is 0.495. The van der Waals surface area contributed by atoms with Crippen LogP contribution in [0.25, 0.3) is 0 Å². The van der Waals surface area contributed by atoms with Gasteiger partial charge in [0, 0.05) is 23.8 Å². The van der Waals surface area contributed by atoms with E-state index < -0.39 is 0 Å². The second kappa shape index (κ2) is 11.4. The van der Waals surface area contributed by atoms with E-state index in [0.717, 1.165) is 11.1 Å². The summed E-state index contributed by atoms with van der Waals surface area (Å²) in [5.41, 5.74) is 2.06. The highest BCUT2D eigenvalue weighted by Gasteiger charge is 2.10. The van der Waals surface area contributed by atoms with E-state index in [1.807, 2.05) is 50.2 Å². The molecule has 2 aromatic carbocycles. The maximum atomic E-state index is 12.6. The standard InChI is InChI=1S/C25H27ClN2O4/c1-3-31-22-11-9-18(15-23(22)32-4-2)13-14-27-25(30)20-10-12-24(29)28(17-20)16-19-7-5-6-8-21(19)26/h5-12,15,17H,3-4,13-14,16H2,1-2H3,(H,27,30). The monoisotopic (exact) mass is 454 g/mol. The van der Waals surface area contributed by atoms with Crippen molar-refractivity contribution in [2.75, 3.05) is 19.8 Å². The van der Waals surface area contributed by atoms with E-state index in [1.165, 1.54) is 16.7 Å². The maximum absolute atomic E-state index is 12.6. The molecule has 0 bridgehead atoms. The third-order valence-electron chi connectivity index (χ3n) is 4.85. The Balaban J connectivity index is 1.63. The molecular formula is C25H27ClN2O4. The van der Waals surface area contributed by atoms with Gasteiger partial charge in [-0.15, -0.1) is 0 Å². The van der Waals surface area contributed by atoms with E-state index in [9.17, 15) is 9.59 Å². The van der Waals surface area contributed by atoms with Gasteiger partial charge in [0.15, 0.2) is 11.5 Å². The van der Waals surface area contributed by atoms with Crippen LogP contribution in [0.5, 0.6) is 11.5 Å². The van der Waals surface area contributed by atoms with E-state index in [0.29, 0.717) is 54.8 Å². The zero-order valence-electron chi connectivity index (χ0n) is 18.3. The Hall–Kier alpha value is -3.25. The van der Waals surface area contributed by atoms with E-state index >= 15 is 0 Å². The predicted octanol–water partition coefficient (Wildman–Crippen LogP) is 4.32. The second-order valence-corrected chi connectivity index (χ2v) is 7.54. The fraction of sp³-hybridized carbons (Fsp3) is 0.280. The molecule has 6 nitrogen and oxygen atoms in total. The minimum absolute atomic E-state index is 0.195. The number of pyridine rings is 1. The largest absolute Gasteiger partial charge is 0.490 e. The van der Waals surface area contributed by atoms with Gasteiger partial charge in [0.05, 0.1) is 25.3 Å². The van der Waals surface area contributed by atoms with Gasteiger partial charge in [-0.25, -0.2) is 0 Å². The van der Waals surface area contributed by atoms with Gasteiger partial charge >= 0.3 is 0 Å². The number of halogens is 1. The van der Waals surface area contributed by atoms with Crippen molar-refractivity contribution < 1.29 is 14.3 Å². The van der Waals surface area contributed by atoms with Gasteiger partial charge in [0.1, 0.15) is 0 Å². The molecule has 168 valence electrons. The molecular weight excluding hydrogens is 428 g/mol. The number of aromatic nitrogens is 1. The van der Waals surface area contributed by atoms with Crippen LogP contribution in [0.15, 0.2) is 65.6 Å². The smallest absolute Gasteiger partial charge is 0.252 e. The molecule has 0 fully saturated rings. The van der Waals surface area contributed by atoms with Crippen LogP contribution in [0, 0.1) is 0 Å². The van der Waals surface area contributed by atoms with Crippen LogP contribution < -0.4 is 20.3 Å². The molecule has 0 radical (unpaired) electrons. The first kappa shape index (κ1) is 23.4. The Morgan fingerprint density at radius 2 is 1.75 bits per heavy atom. The average molecular weight is 455 g/mol. The number of nitrogens with one attached hydrogen (secondary N) is 1. The van der Waals surface area contributed by atoms with E-state index in [1.54, 1.807) is 12.3 Å². The number of ether oxygens (including phenoxy) is 2. The van der Waals surface area contributed by atoms with E-state index in [4.69, 9.17) is 21.1 Å². The molecule has 1 N–H and O–H groups in total. The summed E-state index contributed by atoms with van der Waals surface area (Å²) in [6.07, 6.45) is 2.20. The summed E-state index contributed by atoms with van der Waals surface area (Å²) in [6.45, 7) is 5.71. The van der Waals surface area contributed by atoms with Gasteiger partial charge in [0.25, 0.3) is 11.5 Å². The van der Waals surface area contributed by atoms with Gasteiger partial charge in [-0.2, -0.15) is 0 Å². The number of carbonyl (C=O) groups is 1. The summed E-state index contributed by atoms with van der Waals surface area (Å²) in [5.74, 6) is 1.17. The number of rotatable bonds is 10. The first-order valence-electron chi connectivity index (χ1n) is 10.6. The summed E-state index contributed by atoms with van der Waals surface area (Å²) in [7, 11) is 0. The molecule has 3 rings (SSSR count). The summed E-state index contributed by atoms with van der Waals surface area (Å²) < 4.78 is 12.7. The molecule has 0 spiro atoms. The number of carbonyl (C=O) groups excluding carboxylic acids is 1. The molecule has 0 aliphatic heterocycles. The SMILES string of the molecule is CCOc1ccc(CCNC(=O)c2ccc(=O)n(Cc3ccccc3Cl)c2)cc1OCC. The fourth-order valence-electron chi connectivity index (χ4n) is 3.27. The van der Waals surface area contributed by atoms with Gasteiger partial charge in [-0.3, -0.25) is 9.59 Å². The Morgan fingerprint density at radius 3 is 2.50 bits per heavy atom. The second-order valence-electron chi connectivity index (χ2n) is 7.13. The first-order chi connectivity index (χ1) is 15.5. The number of benzene rings is 2. The summed E-state index contributed by atoms with van der Waals surface area (Å²) >= 11 is 6.20. The van der Waals surface area contributed by atoms with Crippen LogP contribution in [0.3, 0.4) is 0 Å². The number of hydrogen-bond donors (Lipinski definition) is 1. The van der Waals surface area contributed by atoms with E-state index in [-0.39, 0.29) is 11.5 Å². The molecule has 0 saturated heterocycles. The van der Waals surface area contributed by atoms with Crippen molar-refractivity contribution in [2.24, 2.45) is 0 Å². The van der Waals surface area contributed by atoms with Crippen LogP contribution in [0.1, 0.15) is 35.3 Å². The van der Waals surface area contributed by atoms with Crippen LogP contribution >= 0.6 is 11.6 Å². The highest BCUT2D eigenvalue weighted by molar-refractivity contribution is 6.31. The minimum Gasteiger partial charge on any atom is -0.490 e. The summed E-state index contributed by atoms with van der Waals surface area (Å²) in [6, 6.07) is 16.0. The molecule has 3 aromatic rings. The topological polar surface area (TPSA) is 69.6 Å². The van der Waals surface area contributed by atoms with Crippen LogP contribution in [0.2, 0.25) is 5.02 Å². The molecule has 7 heteroatoms. The molecule has 0 saturated carbocycles. The Kier molecular flexibility index (Phi) is 8.34. The normalized spacial score (nSPS) is 10.6. The number of nitrogens with zero attached hydrogens (tertiary/aromatic N) is 1. The zero-order valence-corrected chi connectivity index (χ0v) is 19.0. The minimum atomic E-state index is -0.242. The molecule has 1 amide bonds. The van der Waals surface area contributed by atoms with Crippen molar-refractivity contribution in [3.63, 3.8) is 0 Å². The molecule has 0 unspecified atom stereocenters. The Bertz CT molecular complexity index is 1130. The van der Waals surface area contributed by atoms with Crippen molar-refractivity contribution >= 4 is 17.5 Å². The van der Waals surface area contributed by atoms with Crippen LogP contribution in [-0.4, -0.2) is 30.2 Å². The predicted molar refractivity (Wildman–Crippen MR) is 126 cm³/mol. The third-order valence-corrected chi connectivity index (χ3v) is 5.22. The van der Waals surface area contributed by atoms with Crippen LogP contribution in [-0.2, 0) is 13.0 Å². The summed E-state index contributed by atoms with van der Waals surface area (Å²) in [5, 5.41) is 3.49. The summed E-state index contributed by atoms with van der Waals surface area (Å²) in [4.78, 5) is 24.9.